The van der Waals surface area contributed by atoms with E-state index < -0.39 is 5.91 Å². The van der Waals surface area contributed by atoms with Crippen LogP contribution in [0.15, 0.2) is 45.5 Å². The van der Waals surface area contributed by atoms with Crippen molar-refractivity contribution >= 4 is 39.6 Å². The Morgan fingerprint density at radius 1 is 1.26 bits per heavy atom. The number of fused-ring (bicyclic) bond motifs is 1. The summed E-state index contributed by atoms with van der Waals surface area (Å²) < 4.78 is 11.6. The number of nitrogens with two attached hydrogens (primary N) is 2. The van der Waals surface area contributed by atoms with Gasteiger partial charge in [0.2, 0.25) is 6.79 Å². The molecule has 144 valence electrons. The second kappa shape index (κ2) is 9.63. The van der Waals surface area contributed by atoms with E-state index >= 15 is 0 Å². The molecule has 0 radical (unpaired) electrons. The summed E-state index contributed by atoms with van der Waals surface area (Å²) in [5, 5.41) is 8.12. The predicted octanol–water partition coefficient (Wildman–Crippen LogP) is 4.00. The molecule has 0 saturated heterocycles. The largest absolute Gasteiger partial charge is 0.454 e. The number of amides is 1. The Labute approximate surface area is 170 Å². The number of pyridine rings is 1. The van der Waals surface area contributed by atoms with Gasteiger partial charge in [-0.25, -0.2) is 4.98 Å². The van der Waals surface area contributed by atoms with Crippen LogP contribution in [0.5, 0.6) is 11.5 Å². The lowest BCUT2D eigenvalue weighted by Gasteiger charge is -2.09. The van der Waals surface area contributed by atoms with Crippen LogP contribution in [0.4, 0.5) is 5.82 Å². The monoisotopic (exact) mass is 452 g/mol. The molecule has 9 heteroatoms. The molecule has 0 aliphatic carbocycles. The number of anilines is 1. The van der Waals surface area contributed by atoms with Gasteiger partial charge in [-0.2, -0.15) is 0 Å². The minimum atomic E-state index is -0.392. The van der Waals surface area contributed by atoms with E-state index in [0.717, 1.165) is 27.5 Å². The Morgan fingerprint density at radius 2 is 1.93 bits per heavy atom. The van der Waals surface area contributed by atoms with E-state index in [0.29, 0.717) is 23.0 Å². The van der Waals surface area contributed by atoms with E-state index in [9.17, 15) is 4.79 Å². The highest BCUT2D eigenvalue weighted by atomic mass is 79.9. The third-order valence-electron chi connectivity index (χ3n) is 3.46. The number of aromatic nitrogens is 1. The molecular weight excluding hydrogens is 432 g/mol. The van der Waals surface area contributed by atoms with Crippen molar-refractivity contribution in [3.63, 3.8) is 0 Å². The topological polar surface area (TPSA) is 112 Å². The summed E-state index contributed by atoms with van der Waals surface area (Å²) in [5.74, 6) is 1.39. The Morgan fingerprint density at radius 3 is 2.48 bits per heavy atom. The number of carbonyl (C=O) groups excluding carboxylic acids is 1. The molecule has 2 heterocycles. The number of benzene rings is 1. The molecule has 27 heavy (non-hydrogen) atoms. The second-order valence-corrected chi connectivity index (χ2v) is 6.70. The SMILES string of the molecule is C/C(N)=C(/SN)C(=O)Nc1ccc(-c2cc3c(cc2Br)OCO3)cn1.CC. The standard InChI is InChI=1S/C16H15BrN4O3S.C2H6/c1-8(18)15(25-19)16(22)21-14-3-2-9(6-20-14)10-4-12-13(5-11(10)17)24-7-23-12;1-2/h2-6H,7,18-19H2,1H3,(H,20,21,22);1-2H3/b15-8-;. The average molecular weight is 453 g/mol. The van der Waals surface area contributed by atoms with Crippen molar-refractivity contribution in [1.29, 1.82) is 0 Å². The first-order chi connectivity index (χ1) is 13.0. The number of halogens is 1. The van der Waals surface area contributed by atoms with Crippen LogP contribution in [0.25, 0.3) is 11.1 Å². The maximum Gasteiger partial charge on any atom is 0.266 e. The molecule has 0 saturated carbocycles. The van der Waals surface area contributed by atoms with Crippen LogP contribution in [0.1, 0.15) is 20.8 Å². The highest BCUT2D eigenvalue weighted by molar-refractivity contribution is 9.10. The number of carbonyl (C=O) groups is 1. The lowest BCUT2D eigenvalue weighted by molar-refractivity contribution is -0.112. The van der Waals surface area contributed by atoms with Crippen LogP contribution in [0.3, 0.4) is 0 Å². The van der Waals surface area contributed by atoms with E-state index in [1.807, 2.05) is 32.0 Å². The summed E-state index contributed by atoms with van der Waals surface area (Å²) in [4.78, 5) is 16.6. The van der Waals surface area contributed by atoms with Crippen molar-refractivity contribution < 1.29 is 14.3 Å². The second-order valence-electron chi connectivity index (χ2n) is 5.20. The third-order valence-corrected chi connectivity index (χ3v) is 4.86. The van der Waals surface area contributed by atoms with E-state index in [1.165, 1.54) is 0 Å². The van der Waals surface area contributed by atoms with Crippen LogP contribution in [0.2, 0.25) is 0 Å². The summed E-state index contributed by atoms with van der Waals surface area (Å²) in [6.45, 7) is 5.83. The van der Waals surface area contributed by atoms with Gasteiger partial charge >= 0.3 is 0 Å². The molecule has 0 atom stereocenters. The highest BCUT2D eigenvalue weighted by Gasteiger charge is 2.17. The maximum absolute atomic E-state index is 12.1. The van der Waals surface area contributed by atoms with Gasteiger partial charge in [-0.3, -0.25) is 9.93 Å². The average Bonchev–Trinajstić information content (AvgIpc) is 3.11. The molecule has 1 aliphatic heterocycles. The molecule has 1 aromatic carbocycles. The molecule has 5 N–H and O–H groups in total. The fourth-order valence-electron chi connectivity index (χ4n) is 2.26. The number of hydrogen-bond donors (Lipinski definition) is 3. The fourth-order valence-corrected chi connectivity index (χ4v) is 3.16. The molecule has 1 aromatic heterocycles. The molecule has 1 amide bonds. The molecule has 0 spiro atoms. The Balaban J connectivity index is 0.00000126. The first kappa shape index (κ1) is 21.1. The van der Waals surface area contributed by atoms with Crippen LogP contribution in [-0.4, -0.2) is 17.7 Å². The lowest BCUT2D eigenvalue weighted by Crippen LogP contribution is -2.17. The zero-order valence-electron chi connectivity index (χ0n) is 15.2. The van der Waals surface area contributed by atoms with Crippen molar-refractivity contribution in [1.82, 2.24) is 4.98 Å². The number of nitrogens with zero attached hydrogens (tertiary/aromatic N) is 1. The smallest absolute Gasteiger partial charge is 0.266 e. The number of allylic oxidation sites excluding steroid dienone is 1. The fraction of sp³-hybridized carbons (Fsp3) is 0.222. The molecule has 0 unspecified atom stereocenters. The normalized spacial score (nSPS) is 12.6. The zero-order valence-corrected chi connectivity index (χ0v) is 17.6. The number of rotatable bonds is 4. The maximum atomic E-state index is 12.1. The molecule has 3 rings (SSSR count). The van der Waals surface area contributed by atoms with Gasteiger partial charge in [0.05, 0.1) is 0 Å². The Kier molecular flexibility index (Phi) is 7.52. The zero-order chi connectivity index (χ0) is 20.0. The highest BCUT2D eigenvalue weighted by Crippen LogP contribution is 2.40. The van der Waals surface area contributed by atoms with Gasteiger partial charge < -0.3 is 20.5 Å². The lowest BCUT2D eigenvalue weighted by atomic mass is 10.1. The van der Waals surface area contributed by atoms with Gasteiger partial charge in [0, 0.05) is 27.5 Å². The summed E-state index contributed by atoms with van der Waals surface area (Å²) in [6.07, 6.45) is 1.66. The van der Waals surface area contributed by atoms with Crippen LogP contribution >= 0.6 is 27.9 Å². The first-order valence-corrected chi connectivity index (χ1v) is 9.87. The summed E-state index contributed by atoms with van der Waals surface area (Å²) in [5.41, 5.74) is 7.76. The minimum absolute atomic E-state index is 0.212. The van der Waals surface area contributed by atoms with Crippen LogP contribution in [-0.2, 0) is 4.79 Å². The number of hydrogen-bond acceptors (Lipinski definition) is 7. The number of nitrogens with one attached hydrogen (secondary N) is 1. The van der Waals surface area contributed by atoms with Crippen molar-refractivity contribution in [2.45, 2.75) is 20.8 Å². The molecule has 7 nitrogen and oxygen atoms in total. The summed E-state index contributed by atoms with van der Waals surface area (Å²) in [7, 11) is 0. The minimum Gasteiger partial charge on any atom is -0.454 e. The van der Waals surface area contributed by atoms with E-state index in [2.05, 4.69) is 26.2 Å². The van der Waals surface area contributed by atoms with E-state index in [-0.39, 0.29) is 11.7 Å². The van der Waals surface area contributed by atoms with Gasteiger partial charge in [-0.05, 0) is 43.1 Å². The van der Waals surface area contributed by atoms with Gasteiger partial charge in [0.15, 0.2) is 11.5 Å². The molecule has 0 bridgehead atoms. The van der Waals surface area contributed by atoms with Gasteiger partial charge in [-0.15, -0.1) is 0 Å². The van der Waals surface area contributed by atoms with Crippen LogP contribution in [0, 0.1) is 0 Å². The molecule has 2 aromatic rings. The van der Waals surface area contributed by atoms with Crippen molar-refractivity contribution in [2.75, 3.05) is 12.1 Å². The van der Waals surface area contributed by atoms with Gasteiger partial charge in [-0.1, -0.05) is 29.8 Å². The predicted molar refractivity (Wildman–Crippen MR) is 112 cm³/mol. The summed E-state index contributed by atoms with van der Waals surface area (Å²) >= 11 is 4.32. The Bertz CT molecular complexity index is 852. The summed E-state index contributed by atoms with van der Waals surface area (Å²) in [6, 6.07) is 7.28. The first-order valence-electron chi connectivity index (χ1n) is 8.19. The van der Waals surface area contributed by atoms with E-state index in [1.54, 1.807) is 19.2 Å². The molecule has 0 fully saturated rings. The quantitative estimate of drug-likeness (QED) is 0.474. The van der Waals surface area contributed by atoms with E-state index in [4.69, 9.17) is 20.3 Å². The van der Waals surface area contributed by atoms with Crippen molar-refractivity contribution in [3.05, 3.63) is 45.5 Å². The molecule has 1 aliphatic rings. The van der Waals surface area contributed by atoms with Gasteiger partial charge in [0.1, 0.15) is 10.7 Å². The molecular formula is C18H21BrN4O3S. The van der Waals surface area contributed by atoms with Crippen molar-refractivity contribution in [2.24, 2.45) is 10.9 Å². The third kappa shape index (κ3) is 4.94. The van der Waals surface area contributed by atoms with Crippen molar-refractivity contribution in [3.8, 4) is 22.6 Å². The number of ether oxygens (including phenoxy) is 2. The van der Waals surface area contributed by atoms with Crippen LogP contribution < -0.4 is 25.7 Å². The van der Waals surface area contributed by atoms with Gasteiger partial charge in [0.25, 0.3) is 5.91 Å². The Hall–Kier alpha value is -2.23.